The van der Waals surface area contributed by atoms with Crippen molar-refractivity contribution >= 4 is 0 Å². The maximum atomic E-state index is 5.61. The lowest BCUT2D eigenvalue weighted by atomic mass is 10.1. The summed E-state index contributed by atoms with van der Waals surface area (Å²) in [5, 5.41) is 11.3. The zero-order valence-electron chi connectivity index (χ0n) is 9.76. The van der Waals surface area contributed by atoms with E-state index in [1.165, 1.54) is 0 Å². The molecule has 0 aliphatic heterocycles. The molecule has 0 saturated carbocycles. The largest absolute Gasteiger partial charge is 0.489 e. The quantitative estimate of drug-likeness (QED) is 0.738. The SMILES string of the molecule is CCCCOc1[c]nnnc1-c1ccccc1. The maximum Gasteiger partial charge on any atom is 0.177 e. The fourth-order valence-electron chi connectivity index (χ4n) is 1.44. The highest BCUT2D eigenvalue weighted by atomic mass is 16.5. The minimum atomic E-state index is 0.569. The summed E-state index contributed by atoms with van der Waals surface area (Å²) in [4.78, 5) is 0. The van der Waals surface area contributed by atoms with Crippen molar-refractivity contribution in [2.24, 2.45) is 0 Å². The standard InChI is InChI=1S/C13H14N3O/c1-2-3-9-17-12-10-14-16-15-13(12)11-7-5-4-6-8-11/h4-8H,2-3,9H2,1H3. The van der Waals surface area contributed by atoms with Gasteiger partial charge in [0.1, 0.15) is 5.69 Å². The molecule has 0 amide bonds. The minimum Gasteiger partial charge on any atom is -0.489 e. The second-order valence-corrected chi connectivity index (χ2v) is 3.65. The molecule has 87 valence electrons. The smallest absolute Gasteiger partial charge is 0.177 e. The monoisotopic (exact) mass is 228 g/mol. The van der Waals surface area contributed by atoms with Gasteiger partial charge in [0.05, 0.1) is 6.61 Å². The summed E-state index contributed by atoms with van der Waals surface area (Å²) in [6.07, 6.45) is 4.84. The first-order valence-electron chi connectivity index (χ1n) is 5.71. The van der Waals surface area contributed by atoms with E-state index in [0.29, 0.717) is 18.1 Å². The Morgan fingerprint density at radius 1 is 1.24 bits per heavy atom. The van der Waals surface area contributed by atoms with Crippen molar-refractivity contribution in [2.45, 2.75) is 19.8 Å². The second kappa shape index (κ2) is 5.94. The molecule has 1 heterocycles. The van der Waals surface area contributed by atoms with Gasteiger partial charge in [0.15, 0.2) is 11.9 Å². The number of rotatable bonds is 5. The summed E-state index contributed by atoms with van der Waals surface area (Å²) in [6.45, 7) is 2.77. The van der Waals surface area contributed by atoms with Gasteiger partial charge >= 0.3 is 0 Å². The van der Waals surface area contributed by atoms with E-state index < -0.39 is 0 Å². The Balaban J connectivity index is 2.22. The Kier molecular flexibility index (Phi) is 4.02. The highest BCUT2D eigenvalue weighted by molar-refractivity contribution is 5.64. The Morgan fingerprint density at radius 3 is 2.82 bits per heavy atom. The fourth-order valence-corrected chi connectivity index (χ4v) is 1.44. The Hall–Kier alpha value is -1.97. The van der Waals surface area contributed by atoms with Crippen LogP contribution in [0.4, 0.5) is 0 Å². The van der Waals surface area contributed by atoms with E-state index in [-0.39, 0.29) is 0 Å². The van der Waals surface area contributed by atoms with Gasteiger partial charge in [0, 0.05) is 5.56 Å². The molecular weight excluding hydrogens is 214 g/mol. The zero-order chi connectivity index (χ0) is 11.9. The van der Waals surface area contributed by atoms with Crippen LogP contribution in [0.3, 0.4) is 0 Å². The normalized spacial score (nSPS) is 10.2. The van der Waals surface area contributed by atoms with Gasteiger partial charge < -0.3 is 4.74 Å². The average molecular weight is 228 g/mol. The Bertz CT molecular complexity index is 459. The van der Waals surface area contributed by atoms with E-state index in [1.807, 2.05) is 30.3 Å². The predicted octanol–water partition coefficient (Wildman–Crippen LogP) is 2.52. The lowest BCUT2D eigenvalue weighted by Gasteiger charge is -2.07. The van der Waals surface area contributed by atoms with Crippen LogP contribution in [-0.4, -0.2) is 22.0 Å². The van der Waals surface area contributed by atoms with Gasteiger partial charge in [-0.1, -0.05) is 43.7 Å². The molecule has 17 heavy (non-hydrogen) atoms. The molecular formula is C13H14N3O. The average Bonchev–Trinajstić information content (AvgIpc) is 2.41. The maximum absolute atomic E-state index is 5.61. The van der Waals surface area contributed by atoms with Crippen LogP contribution in [0.1, 0.15) is 19.8 Å². The number of hydrogen-bond acceptors (Lipinski definition) is 4. The molecule has 1 radical (unpaired) electrons. The molecule has 0 spiro atoms. The molecule has 2 rings (SSSR count). The van der Waals surface area contributed by atoms with Crippen molar-refractivity contribution in [1.29, 1.82) is 0 Å². The summed E-state index contributed by atoms with van der Waals surface area (Å²) in [5.41, 5.74) is 1.65. The molecule has 0 N–H and O–H groups in total. The van der Waals surface area contributed by atoms with Gasteiger partial charge in [-0.25, -0.2) is 0 Å². The zero-order valence-corrected chi connectivity index (χ0v) is 9.76. The van der Waals surface area contributed by atoms with E-state index in [9.17, 15) is 0 Å². The van der Waals surface area contributed by atoms with Crippen molar-refractivity contribution in [3.8, 4) is 17.0 Å². The molecule has 1 aromatic carbocycles. The van der Waals surface area contributed by atoms with Crippen molar-refractivity contribution < 1.29 is 4.74 Å². The summed E-state index contributed by atoms with van der Waals surface area (Å²) in [7, 11) is 0. The summed E-state index contributed by atoms with van der Waals surface area (Å²) < 4.78 is 5.61. The van der Waals surface area contributed by atoms with Crippen LogP contribution >= 0.6 is 0 Å². The number of aromatic nitrogens is 3. The third-order valence-corrected chi connectivity index (χ3v) is 2.35. The van der Waals surface area contributed by atoms with Crippen molar-refractivity contribution in [1.82, 2.24) is 15.4 Å². The number of hydrogen-bond donors (Lipinski definition) is 0. The van der Waals surface area contributed by atoms with E-state index in [1.54, 1.807) is 0 Å². The molecule has 4 nitrogen and oxygen atoms in total. The minimum absolute atomic E-state index is 0.569. The van der Waals surface area contributed by atoms with E-state index >= 15 is 0 Å². The van der Waals surface area contributed by atoms with Crippen LogP contribution in [0.5, 0.6) is 5.75 Å². The predicted molar refractivity (Wildman–Crippen MR) is 64.5 cm³/mol. The molecule has 0 aliphatic carbocycles. The van der Waals surface area contributed by atoms with E-state index in [4.69, 9.17) is 4.74 Å². The highest BCUT2D eigenvalue weighted by Crippen LogP contribution is 2.25. The third-order valence-electron chi connectivity index (χ3n) is 2.35. The van der Waals surface area contributed by atoms with Gasteiger partial charge in [0.2, 0.25) is 0 Å². The number of benzene rings is 1. The van der Waals surface area contributed by atoms with Crippen molar-refractivity contribution in [3.05, 3.63) is 36.5 Å². The summed E-state index contributed by atoms with van der Waals surface area (Å²) in [6, 6.07) is 9.79. The lowest BCUT2D eigenvalue weighted by Crippen LogP contribution is -2.02. The molecule has 0 fully saturated rings. The van der Waals surface area contributed by atoms with Gasteiger partial charge in [-0.15, -0.1) is 10.2 Å². The van der Waals surface area contributed by atoms with Gasteiger partial charge in [-0.2, -0.15) is 0 Å². The summed E-state index contributed by atoms with van der Waals surface area (Å²) >= 11 is 0. The molecule has 0 unspecified atom stereocenters. The summed E-state index contributed by atoms with van der Waals surface area (Å²) in [5.74, 6) is 0.569. The number of ether oxygens (including phenoxy) is 1. The van der Waals surface area contributed by atoms with Crippen LogP contribution in [0, 0.1) is 6.20 Å². The molecule has 0 bridgehead atoms. The van der Waals surface area contributed by atoms with Crippen LogP contribution in [-0.2, 0) is 0 Å². The molecule has 4 heteroatoms. The molecule has 0 atom stereocenters. The first-order valence-corrected chi connectivity index (χ1v) is 5.71. The topological polar surface area (TPSA) is 47.9 Å². The Labute approximate surface area is 101 Å². The first kappa shape index (κ1) is 11.5. The van der Waals surface area contributed by atoms with E-state index in [0.717, 1.165) is 18.4 Å². The lowest BCUT2D eigenvalue weighted by molar-refractivity contribution is 0.306. The molecule has 2 aromatic rings. The van der Waals surface area contributed by atoms with Gasteiger partial charge in [-0.3, -0.25) is 0 Å². The highest BCUT2D eigenvalue weighted by Gasteiger charge is 2.08. The molecule has 0 aliphatic rings. The van der Waals surface area contributed by atoms with Crippen molar-refractivity contribution in [3.63, 3.8) is 0 Å². The third kappa shape index (κ3) is 3.00. The van der Waals surface area contributed by atoms with Gasteiger partial charge in [0.25, 0.3) is 0 Å². The fraction of sp³-hybridized carbons (Fsp3) is 0.308. The van der Waals surface area contributed by atoms with Crippen LogP contribution < -0.4 is 4.74 Å². The second-order valence-electron chi connectivity index (χ2n) is 3.65. The number of unbranched alkanes of at least 4 members (excludes halogenated alkanes) is 1. The van der Waals surface area contributed by atoms with Crippen LogP contribution in [0.15, 0.2) is 30.3 Å². The van der Waals surface area contributed by atoms with E-state index in [2.05, 4.69) is 28.5 Å². The number of nitrogens with zero attached hydrogens (tertiary/aromatic N) is 3. The first-order chi connectivity index (χ1) is 8.42. The van der Waals surface area contributed by atoms with Crippen molar-refractivity contribution in [2.75, 3.05) is 6.61 Å². The Morgan fingerprint density at radius 2 is 2.06 bits per heavy atom. The van der Waals surface area contributed by atoms with Crippen LogP contribution in [0.25, 0.3) is 11.3 Å². The molecule has 0 saturated heterocycles. The molecule has 1 aromatic heterocycles. The van der Waals surface area contributed by atoms with Gasteiger partial charge in [-0.05, 0) is 11.6 Å². The van der Waals surface area contributed by atoms with Crippen LogP contribution in [0.2, 0.25) is 0 Å².